The molecule has 0 aromatic rings. The summed E-state index contributed by atoms with van der Waals surface area (Å²) in [6.07, 6.45) is 7.91. The van der Waals surface area contributed by atoms with Gasteiger partial charge in [0.15, 0.2) is 0 Å². The van der Waals surface area contributed by atoms with E-state index in [9.17, 15) is 4.79 Å². The SMILES string of the molecule is COCC1(NC(=O)OC2CC[C@]3(CO3)C(C3(C)OC3CC=C(C)C)C2OC)CCCC1. The second kappa shape index (κ2) is 8.65. The lowest BCUT2D eigenvalue weighted by molar-refractivity contribution is -0.119. The Morgan fingerprint density at radius 3 is 2.48 bits per heavy atom. The van der Waals surface area contributed by atoms with Crippen LogP contribution in [0.5, 0.6) is 0 Å². The van der Waals surface area contributed by atoms with E-state index in [1.165, 1.54) is 5.57 Å². The van der Waals surface area contributed by atoms with Crippen molar-refractivity contribution in [3.8, 4) is 0 Å². The van der Waals surface area contributed by atoms with Gasteiger partial charge in [-0.25, -0.2) is 4.79 Å². The van der Waals surface area contributed by atoms with Crippen molar-refractivity contribution in [1.82, 2.24) is 5.32 Å². The number of carbonyl (C=O) groups excluding carboxylic acids is 1. The maximum absolute atomic E-state index is 12.9. The number of methoxy groups -OCH3 is 2. The molecule has 4 rings (SSSR count). The summed E-state index contributed by atoms with van der Waals surface area (Å²) in [6, 6.07) is 0. The van der Waals surface area contributed by atoms with Gasteiger partial charge in [-0.05, 0) is 52.9 Å². The molecule has 7 heteroatoms. The Morgan fingerprint density at radius 1 is 1.19 bits per heavy atom. The number of hydrogen-bond acceptors (Lipinski definition) is 6. The zero-order valence-electron chi connectivity index (χ0n) is 19.7. The fraction of sp³-hybridized carbons (Fsp3) is 0.875. The van der Waals surface area contributed by atoms with Gasteiger partial charge in [0, 0.05) is 14.2 Å². The van der Waals surface area contributed by atoms with Crippen molar-refractivity contribution in [3.63, 3.8) is 0 Å². The molecule has 4 aliphatic rings. The highest BCUT2D eigenvalue weighted by Gasteiger charge is 2.72. The number of carbonyl (C=O) groups is 1. The number of ether oxygens (including phenoxy) is 5. The van der Waals surface area contributed by atoms with Crippen molar-refractivity contribution in [1.29, 1.82) is 0 Å². The van der Waals surface area contributed by atoms with Crippen molar-refractivity contribution in [2.75, 3.05) is 27.4 Å². The van der Waals surface area contributed by atoms with E-state index in [1.54, 1.807) is 14.2 Å². The average molecular weight is 438 g/mol. The molecular formula is C24H39NO6. The van der Waals surface area contributed by atoms with Crippen molar-refractivity contribution < 1.29 is 28.5 Å². The van der Waals surface area contributed by atoms with Crippen LogP contribution >= 0.6 is 0 Å². The molecule has 1 N–H and O–H groups in total. The molecule has 2 heterocycles. The minimum Gasteiger partial charge on any atom is -0.443 e. The first kappa shape index (κ1) is 23.0. The quantitative estimate of drug-likeness (QED) is 0.460. The zero-order chi connectivity index (χ0) is 22.3. The number of nitrogens with one attached hydrogen (secondary N) is 1. The van der Waals surface area contributed by atoms with Crippen LogP contribution in [0, 0.1) is 5.92 Å². The predicted molar refractivity (Wildman–Crippen MR) is 116 cm³/mol. The number of epoxide rings is 2. The minimum atomic E-state index is -0.375. The van der Waals surface area contributed by atoms with Gasteiger partial charge in [0.25, 0.3) is 0 Å². The summed E-state index contributed by atoms with van der Waals surface area (Å²) < 4.78 is 29.6. The molecular weight excluding hydrogens is 398 g/mol. The van der Waals surface area contributed by atoms with E-state index in [0.717, 1.165) is 51.6 Å². The second-order valence-electron chi connectivity index (χ2n) is 10.4. The molecule has 6 atom stereocenters. The van der Waals surface area contributed by atoms with Gasteiger partial charge in [-0.2, -0.15) is 0 Å². The molecule has 1 amide bonds. The minimum absolute atomic E-state index is 0.0338. The molecule has 5 unspecified atom stereocenters. The largest absolute Gasteiger partial charge is 0.443 e. The van der Waals surface area contributed by atoms with Gasteiger partial charge >= 0.3 is 6.09 Å². The Kier molecular flexibility index (Phi) is 6.43. The Bertz CT molecular complexity index is 694. The molecule has 0 aromatic heterocycles. The van der Waals surface area contributed by atoms with Crippen LogP contribution in [-0.4, -0.2) is 68.6 Å². The van der Waals surface area contributed by atoms with Crippen molar-refractivity contribution >= 4 is 6.09 Å². The molecule has 2 saturated carbocycles. The maximum Gasteiger partial charge on any atom is 0.408 e. The standard InChI is InChI=1S/C24H39NO6/c1-16(2)8-9-18-22(3,31-18)20-19(28-5)17(10-13-24(20)15-29-24)30-21(26)25-23(14-27-4)11-6-7-12-23/h8,17-20H,6-7,9-15H2,1-5H3,(H,25,26)/t17?,18?,19?,20?,22?,24-/m0/s1. The van der Waals surface area contributed by atoms with Gasteiger partial charge < -0.3 is 29.0 Å². The van der Waals surface area contributed by atoms with Gasteiger partial charge in [0.1, 0.15) is 23.4 Å². The number of rotatable bonds is 8. The van der Waals surface area contributed by atoms with E-state index >= 15 is 0 Å². The topological polar surface area (TPSA) is 81.9 Å². The van der Waals surface area contributed by atoms with Gasteiger partial charge in [-0.15, -0.1) is 0 Å². The summed E-state index contributed by atoms with van der Waals surface area (Å²) in [5.41, 5.74) is 0.431. The first-order chi connectivity index (χ1) is 14.8. The Hall–Kier alpha value is -1.15. The smallest absolute Gasteiger partial charge is 0.408 e. The monoisotopic (exact) mass is 437 g/mol. The van der Waals surface area contributed by atoms with E-state index in [2.05, 4.69) is 32.2 Å². The van der Waals surface area contributed by atoms with Crippen LogP contribution in [-0.2, 0) is 23.7 Å². The molecule has 0 aromatic carbocycles. The third-order valence-corrected chi connectivity index (χ3v) is 7.84. The molecule has 176 valence electrons. The summed E-state index contributed by atoms with van der Waals surface area (Å²) in [4.78, 5) is 12.9. The van der Waals surface area contributed by atoms with Crippen LogP contribution < -0.4 is 5.32 Å². The third kappa shape index (κ3) is 4.52. The lowest BCUT2D eigenvalue weighted by Crippen LogP contribution is -2.57. The molecule has 0 bridgehead atoms. The summed E-state index contributed by atoms with van der Waals surface area (Å²) in [5, 5.41) is 3.12. The highest BCUT2D eigenvalue weighted by atomic mass is 16.6. The van der Waals surface area contributed by atoms with Gasteiger partial charge in [0.2, 0.25) is 0 Å². The molecule has 31 heavy (non-hydrogen) atoms. The predicted octanol–water partition coefficient (Wildman–Crippen LogP) is 3.75. The number of hydrogen-bond donors (Lipinski definition) is 1. The Morgan fingerprint density at radius 2 is 1.90 bits per heavy atom. The van der Waals surface area contributed by atoms with Crippen LogP contribution in [0.2, 0.25) is 0 Å². The lowest BCUT2D eigenvalue weighted by atomic mass is 9.68. The molecule has 2 aliphatic carbocycles. The first-order valence-corrected chi connectivity index (χ1v) is 11.7. The average Bonchev–Trinajstić information content (AvgIpc) is 3.58. The summed E-state index contributed by atoms with van der Waals surface area (Å²) in [7, 11) is 3.38. The molecule has 4 fully saturated rings. The van der Waals surface area contributed by atoms with E-state index in [0.29, 0.717) is 6.61 Å². The lowest BCUT2D eigenvalue weighted by Gasteiger charge is -2.43. The number of alkyl carbamates (subject to hydrolysis) is 1. The fourth-order valence-electron chi connectivity index (χ4n) is 6.09. The second-order valence-corrected chi connectivity index (χ2v) is 10.4. The molecule has 7 nitrogen and oxygen atoms in total. The van der Waals surface area contributed by atoms with Crippen LogP contribution in [0.25, 0.3) is 0 Å². The normalized spacial score (nSPS) is 40.4. The van der Waals surface area contributed by atoms with Crippen LogP contribution in [0.3, 0.4) is 0 Å². The summed E-state index contributed by atoms with van der Waals surface area (Å²) in [5.74, 6) is 0.0338. The molecule has 2 saturated heterocycles. The highest BCUT2D eigenvalue weighted by molar-refractivity contribution is 5.68. The van der Waals surface area contributed by atoms with Crippen LogP contribution in [0.4, 0.5) is 4.79 Å². The van der Waals surface area contributed by atoms with Gasteiger partial charge in [0.05, 0.1) is 30.8 Å². The number of amides is 1. The van der Waals surface area contributed by atoms with E-state index in [1.807, 2.05) is 0 Å². The Balaban J connectivity index is 1.45. The summed E-state index contributed by atoms with van der Waals surface area (Å²) >= 11 is 0. The first-order valence-electron chi connectivity index (χ1n) is 11.7. The van der Waals surface area contributed by atoms with E-state index < -0.39 is 0 Å². The van der Waals surface area contributed by atoms with Gasteiger partial charge in [-0.1, -0.05) is 24.5 Å². The molecule has 2 aliphatic heterocycles. The van der Waals surface area contributed by atoms with Crippen molar-refractivity contribution in [3.05, 3.63) is 11.6 Å². The zero-order valence-corrected chi connectivity index (χ0v) is 19.7. The van der Waals surface area contributed by atoms with Crippen molar-refractivity contribution in [2.45, 2.75) is 101 Å². The highest BCUT2D eigenvalue weighted by Crippen LogP contribution is 2.59. The van der Waals surface area contributed by atoms with Crippen LogP contribution in [0.1, 0.15) is 65.7 Å². The maximum atomic E-state index is 12.9. The third-order valence-electron chi connectivity index (χ3n) is 7.84. The van der Waals surface area contributed by atoms with Gasteiger partial charge in [-0.3, -0.25) is 0 Å². The molecule has 0 radical (unpaired) electrons. The van der Waals surface area contributed by atoms with Crippen LogP contribution in [0.15, 0.2) is 11.6 Å². The van der Waals surface area contributed by atoms with Crippen molar-refractivity contribution in [2.24, 2.45) is 5.92 Å². The molecule has 1 spiro atoms. The Labute approximate surface area is 186 Å². The number of allylic oxidation sites excluding steroid dienone is 1. The van der Waals surface area contributed by atoms with E-state index in [4.69, 9.17) is 23.7 Å². The summed E-state index contributed by atoms with van der Waals surface area (Å²) in [6.45, 7) is 7.60. The fourth-order valence-corrected chi connectivity index (χ4v) is 6.09. The van der Waals surface area contributed by atoms with E-state index in [-0.39, 0.29) is 47.1 Å².